The van der Waals surface area contributed by atoms with Crippen molar-refractivity contribution in [2.75, 3.05) is 25.5 Å². The highest BCUT2D eigenvalue weighted by molar-refractivity contribution is 5.97. The molecule has 0 saturated heterocycles. The Labute approximate surface area is 204 Å². The normalized spacial score (nSPS) is 18.0. The molecule has 1 aliphatic rings. The maximum Gasteiger partial charge on any atom is 0.339 e. The van der Waals surface area contributed by atoms with E-state index in [-0.39, 0.29) is 11.8 Å². The number of nitrogens with one attached hydrogen (secondary N) is 2. The van der Waals surface area contributed by atoms with Gasteiger partial charge in [0, 0.05) is 55.8 Å². The first kappa shape index (κ1) is 22.7. The second kappa shape index (κ2) is 8.95. The summed E-state index contributed by atoms with van der Waals surface area (Å²) in [6.07, 6.45) is 2.36. The zero-order valence-electron chi connectivity index (χ0n) is 20.2. The molecule has 6 heteroatoms. The minimum Gasteiger partial charge on any atom is -0.445 e. The Morgan fingerprint density at radius 1 is 1.06 bits per heavy atom. The van der Waals surface area contributed by atoms with E-state index < -0.39 is 11.6 Å². The van der Waals surface area contributed by atoms with Crippen molar-refractivity contribution in [3.8, 4) is 0 Å². The van der Waals surface area contributed by atoms with E-state index >= 15 is 0 Å². The van der Waals surface area contributed by atoms with Crippen molar-refractivity contribution in [1.29, 1.82) is 0 Å². The number of para-hydroxylation sites is 1. The fourth-order valence-corrected chi connectivity index (χ4v) is 4.84. The lowest BCUT2D eigenvalue weighted by atomic mass is 9.88. The van der Waals surface area contributed by atoms with Crippen LogP contribution in [0.3, 0.4) is 0 Å². The van der Waals surface area contributed by atoms with Crippen molar-refractivity contribution in [2.45, 2.75) is 24.9 Å². The SMILES string of the molecule is CN(C)c1ccc(C(CNC(=O)C2(C)Cc3ccccc3C(=O)O2)c2c[nH]c3ccccc23)cc1. The van der Waals surface area contributed by atoms with Gasteiger partial charge in [-0.05, 0) is 47.9 Å². The highest BCUT2D eigenvalue weighted by Crippen LogP contribution is 2.33. The number of carbonyl (C=O) groups is 2. The van der Waals surface area contributed by atoms with E-state index in [9.17, 15) is 9.59 Å². The first-order chi connectivity index (χ1) is 16.9. The van der Waals surface area contributed by atoms with Gasteiger partial charge >= 0.3 is 5.97 Å². The largest absolute Gasteiger partial charge is 0.445 e. The third kappa shape index (κ3) is 4.28. The van der Waals surface area contributed by atoms with Gasteiger partial charge in [0.25, 0.3) is 5.91 Å². The van der Waals surface area contributed by atoms with Crippen molar-refractivity contribution >= 4 is 28.5 Å². The first-order valence-corrected chi connectivity index (χ1v) is 11.8. The molecule has 5 rings (SSSR count). The van der Waals surface area contributed by atoms with E-state index in [0.29, 0.717) is 18.5 Å². The molecule has 1 aromatic heterocycles. The molecule has 0 spiro atoms. The number of aromatic amines is 1. The molecule has 1 amide bonds. The van der Waals surface area contributed by atoms with Crippen LogP contribution in [0.25, 0.3) is 10.9 Å². The molecular weight excluding hydrogens is 438 g/mol. The third-order valence-electron chi connectivity index (χ3n) is 6.84. The minimum absolute atomic E-state index is 0.0820. The number of benzene rings is 3. The molecule has 3 aromatic carbocycles. The van der Waals surface area contributed by atoms with Crippen LogP contribution >= 0.6 is 0 Å². The van der Waals surface area contributed by atoms with Crippen LogP contribution in [-0.2, 0) is 16.0 Å². The van der Waals surface area contributed by atoms with Crippen LogP contribution in [0.2, 0.25) is 0 Å². The highest BCUT2D eigenvalue weighted by atomic mass is 16.6. The second-order valence-electron chi connectivity index (χ2n) is 9.49. The third-order valence-corrected chi connectivity index (χ3v) is 6.84. The zero-order valence-corrected chi connectivity index (χ0v) is 20.2. The number of cyclic esters (lactones) is 1. The Hall–Kier alpha value is -4.06. The van der Waals surface area contributed by atoms with Crippen LogP contribution in [0, 0.1) is 0 Å². The summed E-state index contributed by atoms with van der Waals surface area (Å²) in [4.78, 5) is 31.4. The van der Waals surface area contributed by atoms with E-state index in [1.54, 1.807) is 19.1 Å². The minimum atomic E-state index is -1.26. The summed E-state index contributed by atoms with van der Waals surface area (Å²) in [6.45, 7) is 2.06. The van der Waals surface area contributed by atoms with Gasteiger partial charge < -0.3 is 19.9 Å². The standard InChI is InChI=1S/C29H29N3O3/c1-29(16-20-8-4-5-9-22(20)27(33)35-29)28(34)31-17-24(19-12-14-21(15-13-19)32(2)3)25-18-30-26-11-7-6-10-23(25)26/h4-15,18,24,30H,16-17H2,1-3H3,(H,31,34). The predicted octanol–water partition coefficient (Wildman–Crippen LogP) is 4.65. The van der Waals surface area contributed by atoms with Gasteiger partial charge in [-0.1, -0.05) is 48.5 Å². The number of amides is 1. The van der Waals surface area contributed by atoms with Gasteiger partial charge in [0.2, 0.25) is 0 Å². The number of fused-ring (bicyclic) bond motifs is 2. The van der Waals surface area contributed by atoms with Gasteiger partial charge in [-0.25, -0.2) is 4.79 Å². The number of carbonyl (C=O) groups excluding carboxylic acids is 2. The highest BCUT2D eigenvalue weighted by Gasteiger charge is 2.42. The number of H-pyrrole nitrogens is 1. The summed E-state index contributed by atoms with van der Waals surface area (Å²) >= 11 is 0. The van der Waals surface area contributed by atoms with Crippen LogP contribution in [0.15, 0.2) is 79.0 Å². The molecule has 0 fully saturated rings. The number of nitrogens with zero attached hydrogens (tertiary/aromatic N) is 1. The number of rotatable bonds is 6. The number of anilines is 1. The van der Waals surface area contributed by atoms with Crippen LogP contribution in [-0.4, -0.2) is 43.1 Å². The molecule has 0 saturated carbocycles. The quantitative estimate of drug-likeness (QED) is 0.405. The molecule has 4 aromatic rings. The summed E-state index contributed by atoms with van der Waals surface area (Å²) < 4.78 is 5.64. The van der Waals surface area contributed by atoms with Gasteiger partial charge in [0.05, 0.1) is 5.56 Å². The van der Waals surface area contributed by atoms with E-state index in [4.69, 9.17) is 4.74 Å². The fraction of sp³-hybridized carbons (Fsp3) is 0.241. The van der Waals surface area contributed by atoms with Crippen LogP contribution < -0.4 is 10.2 Å². The molecule has 2 atom stereocenters. The monoisotopic (exact) mass is 467 g/mol. The summed E-state index contributed by atoms with van der Waals surface area (Å²) in [5.74, 6) is -0.839. The van der Waals surface area contributed by atoms with Gasteiger partial charge in [-0.3, -0.25) is 4.79 Å². The Bertz CT molecular complexity index is 1390. The van der Waals surface area contributed by atoms with E-state index in [1.165, 1.54) is 0 Å². The van der Waals surface area contributed by atoms with Gasteiger partial charge in [0.15, 0.2) is 5.60 Å². The number of hydrogen-bond donors (Lipinski definition) is 2. The van der Waals surface area contributed by atoms with E-state index in [2.05, 4.69) is 45.5 Å². The van der Waals surface area contributed by atoms with Crippen molar-refractivity contribution in [1.82, 2.24) is 10.3 Å². The van der Waals surface area contributed by atoms with Gasteiger partial charge in [-0.2, -0.15) is 0 Å². The van der Waals surface area contributed by atoms with Crippen LogP contribution in [0.5, 0.6) is 0 Å². The molecule has 2 unspecified atom stereocenters. The number of esters is 1. The van der Waals surface area contributed by atoms with Crippen molar-refractivity contribution in [3.63, 3.8) is 0 Å². The average Bonchev–Trinajstić information content (AvgIpc) is 3.28. The Morgan fingerprint density at radius 2 is 1.77 bits per heavy atom. The van der Waals surface area contributed by atoms with Gasteiger partial charge in [-0.15, -0.1) is 0 Å². The molecule has 2 heterocycles. The molecule has 35 heavy (non-hydrogen) atoms. The topological polar surface area (TPSA) is 74.4 Å². The average molecular weight is 468 g/mol. The number of aromatic nitrogens is 1. The Balaban J connectivity index is 1.43. The maximum atomic E-state index is 13.4. The molecule has 6 nitrogen and oxygen atoms in total. The lowest BCUT2D eigenvalue weighted by Crippen LogP contribution is -2.52. The van der Waals surface area contributed by atoms with E-state index in [1.807, 2.05) is 50.6 Å². The second-order valence-corrected chi connectivity index (χ2v) is 9.49. The van der Waals surface area contributed by atoms with E-state index in [0.717, 1.165) is 33.3 Å². The number of hydrogen-bond acceptors (Lipinski definition) is 4. The maximum absolute atomic E-state index is 13.4. The summed E-state index contributed by atoms with van der Waals surface area (Å²) in [5.41, 5.74) is 4.45. The molecular formula is C29H29N3O3. The van der Waals surface area contributed by atoms with Crippen molar-refractivity contribution in [2.24, 2.45) is 0 Å². The summed E-state index contributed by atoms with van der Waals surface area (Å²) in [6, 6.07) is 23.8. The molecule has 1 aliphatic heterocycles. The van der Waals surface area contributed by atoms with Gasteiger partial charge in [0.1, 0.15) is 0 Å². The molecule has 178 valence electrons. The Morgan fingerprint density at radius 3 is 2.54 bits per heavy atom. The summed E-state index contributed by atoms with van der Waals surface area (Å²) in [7, 11) is 4.02. The summed E-state index contributed by atoms with van der Waals surface area (Å²) in [5, 5.41) is 4.21. The zero-order chi connectivity index (χ0) is 24.6. The lowest BCUT2D eigenvalue weighted by Gasteiger charge is -2.33. The van der Waals surface area contributed by atoms with Crippen LogP contribution in [0.1, 0.15) is 39.9 Å². The fourth-order valence-electron chi connectivity index (χ4n) is 4.84. The Kier molecular flexibility index (Phi) is 5.81. The molecule has 0 bridgehead atoms. The van der Waals surface area contributed by atoms with Crippen molar-refractivity contribution in [3.05, 3.63) is 101 Å². The first-order valence-electron chi connectivity index (χ1n) is 11.8. The molecule has 2 N–H and O–H groups in total. The molecule has 0 aliphatic carbocycles. The predicted molar refractivity (Wildman–Crippen MR) is 138 cm³/mol. The smallest absolute Gasteiger partial charge is 0.339 e. The molecule has 0 radical (unpaired) electrons. The van der Waals surface area contributed by atoms with Crippen LogP contribution in [0.4, 0.5) is 5.69 Å². The lowest BCUT2D eigenvalue weighted by molar-refractivity contribution is -0.139. The van der Waals surface area contributed by atoms with Crippen molar-refractivity contribution < 1.29 is 14.3 Å². The number of ether oxygens (including phenoxy) is 1.